The van der Waals surface area contributed by atoms with Gasteiger partial charge in [-0.1, -0.05) is 0 Å². The third-order valence-electron chi connectivity index (χ3n) is 5.21. The van der Waals surface area contributed by atoms with Crippen molar-refractivity contribution in [3.8, 4) is 17.2 Å². The standard InChI is InChI=1S/3C6H5O3S.C3H7.Ti/c3*7-5-2-1-3-6(4-5)10(8)9;1-3-2;/h3*1-4,7H;3H,1-2H3;. The Morgan fingerprint density at radius 1 is 0.559 bits per heavy atom. The molecule has 3 aromatic rings. The Kier molecular flexibility index (Phi) is 6.95. The molecule has 0 atom stereocenters. The van der Waals surface area contributed by atoms with E-state index in [2.05, 4.69) is 0 Å². The van der Waals surface area contributed by atoms with E-state index in [0.717, 1.165) is 72.8 Å². The van der Waals surface area contributed by atoms with Gasteiger partial charge < -0.3 is 0 Å². The molecule has 0 bridgehead atoms. The molecule has 13 heteroatoms. The predicted molar refractivity (Wildman–Crippen MR) is 121 cm³/mol. The second-order valence-electron chi connectivity index (χ2n) is 7.76. The summed E-state index contributed by atoms with van der Waals surface area (Å²) < 4.78 is 83.5. The zero-order valence-electron chi connectivity index (χ0n) is 18.0. The van der Waals surface area contributed by atoms with Gasteiger partial charge in [0, 0.05) is 0 Å². The third kappa shape index (κ3) is 3.93. The van der Waals surface area contributed by atoms with Crippen LogP contribution in [0.25, 0.3) is 0 Å². The van der Waals surface area contributed by atoms with Crippen molar-refractivity contribution in [2.45, 2.75) is 32.8 Å². The first-order valence-corrected chi connectivity index (χ1v) is 20.9. The molecular formula is C21H22O9S3Ti. The molecule has 0 aliphatic rings. The van der Waals surface area contributed by atoms with E-state index in [9.17, 15) is 40.6 Å². The van der Waals surface area contributed by atoms with Crippen LogP contribution in [0.2, 0.25) is 4.22 Å². The van der Waals surface area contributed by atoms with Gasteiger partial charge in [-0.05, 0) is 0 Å². The molecule has 0 aromatic heterocycles. The van der Waals surface area contributed by atoms with Crippen LogP contribution in [-0.4, -0.2) is 40.6 Å². The topological polar surface area (TPSA) is 163 Å². The molecule has 0 fully saturated rings. The summed E-state index contributed by atoms with van der Waals surface area (Å²) in [5, 5.41) is 29.7. The van der Waals surface area contributed by atoms with Gasteiger partial charge in [0.15, 0.2) is 0 Å². The Bertz CT molecular complexity index is 1380. The average molecular weight is 562 g/mol. The number of hydrogen-bond donors (Lipinski definition) is 3. The van der Waals surface area contributed by atoms with Crippen molar-refractivity contribution >= 4 is 22.3 Å². The Hall–Kier alpha value is -2.38. The number of aromatic hydroxyl groups is 3. The van der Waals surface area contributed by atoms with E-state index in [1.807, 2.05) is 0 Å². The monoisotopic (exact) mass is 562 g/mol. The molecule has 0 saturated carbocycles. The van der Waals surface area contributed by atoms with Crippen LogP contribution in [0.3, 0.4) is 0 Å². The van der Waals surface area contributed by atoms with Crippen molar-refractivity contribution in [3.63, 3.8) is 0 Å². The summed E-state index contributed by atoms with van der Waals surface area (Å²) in [5.41, 5.74) is 0. The summed E-state index contributed by atoms with van der Waals surface area (Å²) in [5.74, 6) is -1.48. The van der Waals surface area contributed by atoms with E-state index in [-0.39, 0.29) is 0 Å². The van der Waals surface area contributed by atoms with Gasteiger partial charge in [0.25, 0.3) is 0 Å². The Labute approximate surface area is 197 Å². The number of rotatable bonds is 7. The van der Waals surface area contributed by atoms with Crippen molar-refractivity contribution in [1.82, 2.24) is 0 Å². The minimum absolute atomic E-state index is 0.495. The molecule has 0 heterocycles. The van der Waals surface area contributed by atoms with E-state index in [1.54, 1.807) is 0 Å². The van der Waals surface area contributed by atoms with Crippen LogP contribution in [0.5, 0.6) is 17.2 Å². The van der Waals surface area contributed by atoms with Crippen molar-refractivity contribution in [2.24, 2.45) is 0 Å². The first-order valence-electron chi connectivity index (χ1n) is 9.80. The molecule has 3 rings (SSSR count). The van der Waals surface area contributed by atoms with E-state index in [4.69, 9.17) is 0 Å². The quantitative estimate of drug-likeness (QED) is 0.367. The summed E-state index contributed by atoms with van der Waals surface area (Å²) in [6.07, 6.45) is 0. The molecule has 9 nitrogen and oxygen atoms in total. The average Bonchev–Trinajstić information content (AvgIpc) is 2.73. The van der Waals surface area contributed by atoms with Crippen molar-refractivity contribution in [1.29, 1.82) is 0 Å². The predicted octanol–water partition coefficient (Wildman–Crippen LogP) is 3.25. The minimum atomic E-state index is -6.54. The fraction of sp³-hybridized carbons (Fsp3) is 0.143. The molecule has 3 N–H and O–H groups in total. The van der Waals surface area contributed by atoms with Crippen LogP contribution < -0.4 is 0 Å². The zero-order valence-corrected chi connectivity index (χ0v) is 22.0. The zero-order chi connectivity index (χ0) is 25.5. The van der Waals surface area contributed by atoms with Crippen LogP contribution in [0.4, 0.5) is 0 Å². The van der Waals surface area contributed by atoms with Crippen LogP contribution in [0.15, 0.2) is 87.5 Å². The van der Waals surface area contributed by atoms with Crippen LogP contribution in [0.1, 0.15) is 13.8 Å². The van der Waals surface area contributed by atoms with Gasteiger partial charge in [0.2, 0.25) is 0 Å². The number of phenolic OH excluding ortho intramolecular Hbond substituents is 3. The van der Waals surface area contributed by atoms with Gasteiger partial charge in [-0.15, -0.1) is 0 Å². The fourth-order valence-electron chi connectivity index (χ4n) is 3.81. The van der Waals surface area contributed by atoms with Crippen molar-refractivity contribution in [3.05, 3.63) is 72.8 Å². The van der Waals surface area contributed by atoms with Crippen LogP contribution >= 0.6 is 0 Å². The van der Waals surface area contributed by atoms with Gasteiger partial charge in [-0.25, -0.2) is 0 Å². The van der Waals surface area contributed by atoms with Gasteiger partial charge >= 0.3 is 198 Å². The van der Waals surface area contributed by atoms with Gasteiger partial charge in [0.1, 0.15) is 0 Å². The molecule has 0 amide bonds. The Morgan fingerprint density at radius 2 is 0.824 bits per heavy atom. The summed E-state index contributed by atoms with van der Waals surface area (Å²) in [4.78, 5) is -1.98. The van der Waals surface area contributed by atoms with E-state index in [1.165, 1.54) is 13.8 Å². The Morgan fingerprint density at radius 3 is 1.03 bits per heavy atom. The molecule has 182 valence electrons. The normalized spacial score (nSPS) is 13.1. The SMILES string of the molecule is C[CH](C)[Ti]([S](=O)(=O)c1cccc(O)c1)([S](=O)(=O)c1cccc(O)c1)[S](=O)(=O)c1cccc(O)c1. The summed E-state index contributed by atoms with van der Waals surface area (Å²) in [7, 11) is -15.4. The molecular weight excluding hydrogens is 540 g/mol. The first kappa shape index (κ1) is 26.2. The summed E-state index contributed by atoms with van der Waals surface area (Å²) >= 11 is -6.54. The molecule has 0 saturated heterocycles. The van der Waals surface area contributed by atoms with E-state index in [0.29, 0.717) is 0 Å². The number of benzene rings is 3. The maximum absolute atomic E-state index is 14.1. The van der Waals surface area contributed by atoms with Crippen LogP contribution in [-0.2, 0) is 35.0 Å². The third-order valence-corrected chi connectivity index (χ3v) is 48.2. The van der Waals surface area contributed by atoms with E-state index < -0.39 is 71.1 Å². The summed E-state index contributed by atoms with van der Waals surface area (Å²) in [6, 6.07) is 12.4. The fourth-order valence-corrected chi connectivity index (χ4v) is 46.2. The van der Waals surface area contributed by atoms with E-state index >= 15 is 0 Å². The molecule has 0 aliphatic carbocycles. The molecule has 0 aliphatic heterocycles. The second-order valence-corrected chi connectivity index (χ2v) is 34.6. The first-order chi connectivity index (χ1) is 15.7. The summed E-state index contributed by atoms with van der Waals surface area (Å²) in [6.45, 7) is 2.42. The van der Waals surface area contributed by atoms with Gasteiger partial charge in [-0.3, -0.25) is 0 Å². The molecule has 0 unspecified atom stereocenters. The number of hydrogen-bond acceptors (Lipinski definition) is 9. The molecule has 0 radical (unpaired) electrons. The molecule has 3 aromatic carbocycles. The molecule has 0 spiro atoms. The van der Waals surface area contributed by atoms with Crippen molar-refractivity contribution in [2.75, 3.05) is 0 Å². The second kappa shape index (κ2) is 9.01. The van der Waals surface area contributed by atoms with Gasteiger partial charge in [-0.2, -0.15) is 0 Å². The number of phenols is 3. The molecule has 34 heavy (non-hydrogen) atoms. The Balaban J connectivity index is 2.59. The van der Waals surface area contributed by atoms with Crippen molar-refractivity contribution < 1.29 is 53.3 Å². The maximum atomic E-state index is 14.1. The van der Waals surface area contributed by atoms with Crippen LogP contribution in [0, 0.1) is 0 Å². The van der Waals surface area contributed by atoms with Gasteiger partial charge in [0.05, 0.1) is 0 Å².